The van der Waals surface area contributed by atoms with Crippen LogP contribution in [0.2, 0.25) is 10.0 Å². The standard InChI is InChI=1S/C38H38Cl2N4O5S2/c1-38(2,3)23-10-14-27(15-11-23)51(46,47)43-36(45)22-9-16-31-32(17-22)50-37(41-31)44-24-12-13-25(44)19-26(18-24)48-20-28-34(42-49-35(28)21-7-8-21)33-29(39)5-4-6-30(33)40/h4-6,9-11,14-17,21,24-26H,7-8,12-13,18-20H2,1-3H3,(H,43,45)/t24-,25?,26?/m0/s1. The molecule has 2 saturated heterocycles. The highest BCUT2D eigenvalue weighted by atomic mass is 35.5. The Hall–Kier alpha value is -3.48. The maximum absolute atomic E-state index is 13.2. The van der Waals surface area contributed by atoms with E-state index in [1.165, 1.54) is 23.5 Å². The molecule has 2 unspecified atom stereocenters. The van der Waals surface area contributed by atoms with Crippen molar-refractivity contribution in [1.29, 1.82) is 0 Å². The number of fused-ring (bicyclic) bond motifs is 3. The number of sulfonamides is 1. The van der Waals surface area contributed by atoms with Gasteiger partial charge in [-0.3, -0.25) is 4.79 Å². The molecule has 8 rings (SSSR count). The number of halogens is 2. The lowest BCUT2D eigenvalue weighted by molar-refractivity contribution is 0.0147. The van der Waals surface area contributed by atoms with Crippen molar-refractivity contribution < 1.29 is 22.5 Å². The summed E-state index contributed by atoms with van der Waals surface area (Å²) in [4.78, 5) is 20.6. The Morgan fingerprint density at radius 3 is 2.33 bits per heavy atom. The first-order valence-corrected chi connectivity index (χ1v) is 20.3. The highest BCUT2D eigenvalue weighted by Gasteiger charge is 2.43. The van der Waals surface area contributed by atoms with E-state index in [1.807, 2.05) is 18.2 Å². The first kappa shape index (κ1) is 34.6. The predicted molar refractivity (Wildman–Crippen MR) is 200 cm³/mol. The Morgan fingerprint density at radius 2 is 1.69 bits per heavy atom. The van der Waals surface area contributed by atoms with Crippen molar-refractivity contribution in [3.05, 3.63) is 93.2 Å². The number of hydrogen-bond donors (Lipinski definition) is 1. The molecule has 2 bridgehead atoms. The van der Waals surface area contributed by atoms with E-state index < -0.39 is 15.9 Å². The van der Waals surface area contributed by atoms with E-state index in [0.717, 1.165) is 70.8 Å². The van der Waals surface area contributed by atoms with E-state index in [4.69, 9.17) is 37.4 Å². The molecular formula is C38H38Cl2N4O5S2. The summed E-state index contributed by atoms with van der Waals surface area (Å²) in [5, 5.41) is 6.38. The van der Waals surface area contributed by atoms with Gasteiger partial charge in [0.1, 0.15) is 11.5 Å². The number of hydrogen-bond acceptors (Lipinski definition) is 9. The lowest BCUT2D eigenvalue weighted by Crippen LogP contribution is -2.45. The van der Waals surface area contributed by atoms with E-state index >= 15 is 0 Å². The van der Waals surface area contributed by atoms with Crippen LogP contribution in [0.1, 0.15) is 92.5 Å². The number of anilines is 1. The molecule has 266 valence electrons. The zero-order valence-corrected chi connectivity index (χ0v) is 31.6. The van der Waals surface area contributed by atoms with Gasteiger partial charge in [-0.2, -0.15) is 0 Å². The van der Waals surface area contributed by atoms with Crippen LogP contribution in [0.25, 0.3) is 21.5 Å². The van der Waals surface area contributed by atoms with Crippen LogP contribution in [0.3, 0.4) is 0 Å². The number of nitrogens with zero attached hydrogens (tertiary/aromatic N) is 3. The molecule has 3 atom stereocenters. The molecule has 9 nitrogen and oxygen atoms in total. The molecule has 1 aliphatic carbocycles. The highest BCUT2D eigenvalue weighted by Crippen LogP contribution is 2.47. The molecule has 0 spiro atoms. The molecule has 0 radical (unpaired) electrons. The largest absolute Gasteiger partial charge is 0.373 e. The van der Waals surface area contributed by atoms with Crippen molar-refractivity contribution in [2.45, 2.75) is 100 Å². The summed E-state index contributed by atoms with van der Waals surface area (Å²) in [6.45, 7) is 6.55. The topological polar surface area (TPSA) is 115 Å². The van der Waals surface area contributed by atoms with Crippen molar-refractivity contribution in [2.75, 3.05) is 4.90 Å². The van der Waals surface area contributed by atoms with Gasteiger partial charge in [-0.25, -0.2) is 18.1 Å². The first-order chi connectivity index (χ1) is 24.4. The number of aromatic nitrogens is 2. The van der Waals surface area contributed by atoms with E-state index in [2.05, 4.69) is 35.5 Å². The second-order valence-electron chi connectivity index (χ2n) is 14.8. The number of thiazole rings is 1. The molecule has 3 aliphatic rings. The molecule has 2 aromatic heterocycles. The van der Waals surface area contributed by atoms with E-state index in [0.29, 0.717) is 33.8 Å². The Kier molecular flexibility index (Phi) is 8.94. The summed E-state index contributed by atoms with van der Waals surface area (Å²) in [6, 6.07) is 17.7. The quantitative estimate of drug-likeness (QED) is 0.158. The number of carbonyl (C=O) groups excluding carboxylic acids is 1. The molecule has 3 fully saturated rings. The molecule has 5 aromatic rings. The average molecular weight is 766 g/mol. The van der Waals surface area contributed by atoms with Gasteiger partial charge in [-0.05, 0) is 92.0 Å². The molecule has 51 heavy (non-hydrogen) atoms. The Labute approximate surface area is 311 Å². The number of rotatable bonds is 9. The molecule has 3 aromatic carbocycles. The van der Waals surface area contributed by atoms with Gasteiger partial charge in [0, 0.05) is 34.7 Å². The van der Waals surface area contributed by atoms with Crippen molar-refractivity contribution in [1.82, 2.24) is 14.9 Å². The maximum Gasteiger partial charge on any atom is 0.265 e. The summed E-state index contributed by atoms with van der Waals surface area (Å²) in [7, 11) is -4.04. The second-order valence-corrected chi connectivity index (χ2v) is 18.3. The minimum atomic E-state index is -4.04. The third-order valence-electron chi connectivity index (χ3n) is 10.2. The van der Waals surface area contributed by atoms with Gasteiger partial charge in [0.05, 0.1) is 37.9 Å². The fourth-order valence-corrected chi connectivity index (χ4v) is 10.1. The summed E-state index contributed by atoms with van der Waals surface area (Å²) >= 11 is 14.7. The van der Waals surface area contributed by atoms with Crippen molar-refractivity contribution >= 4 is 65.8 Å². The SMILES string of the molecule is CC(C)(C)c1ccc(S(=O)(=O)NC(=O)c2ccc3nc(N4C5CC[C@H]4CC(OCc4c(-c6c(Cl)cccc6Cl)noc4C4CC4)C5)sc3c2)cc1. The minimum absolute atomic E-state index is 0.0445. The van der Waals surface area contributed by atoms with Gasteiger partial charge in [0.2, 0.25) is 0 Å². The lowest BCUT2D eigenvalue weighted by Gasteiger charge is -2.38. The van der Waals surface area contributed by atoms with Gasteiger partial charge >= 0.3 is 0 Å². The van der Waals surface area contributed by atoms with Crippen LogP contribution in [0.4, 0.5) is 5.13 Å². The minimum Gasteiger partial charge on any atom is -0.373 e. The highest BCUT2D eigenvalue weighted by molar-refractivity contribution is 7.90. The Morgan fingerprint density at radius 1 is 1.00 bits per heavy atom. The predicted octanol–water partition coefficient (Wildman–Crippen LogP) is 9.27. The third kappa shape index (κ3) is 6.79. The normalized spacial score (nSPS) is 20.6. The number of carbonyl (C=O) groups is 1. The Bertz CT molecular complexity index is 2210. The third-order valence-corrected chi connectivity index (χ3v) is 13.2. The van der Waals surface area contributed by atoms with Gasteiger partial charge in [-0.1, -0.05) is 78.7 Å². The maximum atomic E-state index is 13.2. The molecule has 1 saturated carbocycles. The zero-order chi connectivity index (χ0) is 35.7. The molecule has 2 aliphatic heterocycles. The van der Waals surface area contributed by atoms with Crippen LogP contribution in [0.15, 0.2) is 70.1 Å². The second kappa shape index (κ2) is 13.2. The monoisotopic (exact) mass is 764 g/mol. The number of ether oxygens (including phenoxy) is 1. The fourth-order valence-electron chi connectivity index (χ4n) is 7.36. The molecule has 1 amide bonds. The van der Waals surface area contributed by atoms with Gasteiger partial charge in [0.25, 0.3) is 15.9 Å². The summed E-state index contributed by atoms with van der Waals surface area (Å²) in [5.41, 5.74) is 4.19. The van der Waals surface area contributed by atoms with Crippen LogP contribution < -0.4 is 9.62 Å². The van der Waals surface area contributed by atoms with Crippen LogP contribution in [0.5, 0.6) is 0 Å². The fraction of sp³-hybridized carbons (Fsp3) is 0.395. The van der Waals surface area contributed by atoms with E-state index in [9.17, 15) is 13.2 Å². The molecule has 4 heterocycles. The number of nitrogens with one attached hydrogen (secondary N) is 1. The zero-order valence-electron chi connectivity index (χ0n) is 28.5. The average Bonchev–Trinajstić information content (AvgIpc) is 3.61. The smallest absolute Gasteiger partial charge is 0.265 e. The van der Waals surface area contributed by atoms with Crippen LogP contribution >= 0.6 is 34.5 Å². The summed E-state index contributed by atoms with van der Waals surface area (Å²) < 4.78 is 41.6. The van der Waals surface area contributed by atoms with Crippen molar-refractivity contribution in [3.63, 3.8) is 0 Å². The van der Waals surface area contributed by atoms with Crippen molar-refractivity contribution in [3.8, 4) is 11.3 Å². The molecule has 13 heteroatoms. The number of benzene rings is 3. The lowest BCUT2D eigenvalue weighted by atomic mass is 9.87. The molecule has 1 N–H and O–H groups in total. The number of piperidine rings is 1. The van der Waals surface area contributed by atoms with Gasteiger partial charge in [-0.15, -0.1) is 0 Å². The van der Waals surface area contributed by atoms with Crippen LogP contribution in [-0.2, 0) is 26.8 Å². The van der Waals surface area contributed by atoms with Crippen LogP contribution in [-0.4, -0.2) is 42.7 Å². The summed E-state index contributed by atoms with van der Waals surface area (Å²) in [5.74, 6) is 0.545. The van der Waals surface area contributed by atoms with Crippen molar-refractivity contribution in [2.24, 2.45) is 0 Å². The Balaban J connectivity index is 0.951. The molecular weight excluding hydrogens is 727 g/mol. The van der Waals surface area contributed by atoms with E-state index in [1.54, 1.807) is 30.3 Å². The summed E-state index contributed by atoms with van der Waals surface area (Å²) in [6.07, 6.45) is 6.02. The van der Waals surface area contributed by atoms with Gasteiger partial charge in [0.15, 0.2) is 5.13 Å². The van der Waals surface area contributed by atoms with E-state index in [-0.39, 0.29) is 34.1 Å². The first-order valence-electron chi connectivity index (χ1n) is 17.3. The number of amides is 1. The van der Waals surface area contributed by atoms with Crippen LogP contribution in [0, 0.1) is 0 Å². The van der Waals surface area contributed by atoms with Gasteiger partial charge < -0.3 is 14.2 Å².